The highest BCUT2D eigenvalue weighted by atomic mass is 32.1. The largest absolute Gasteiger partial charge is 0.294 e. The Balaban J connectivity index is 2.72. The number of thiol groups is 1. The average Bonchev–Trinajstić information content (AvgIpc) is 2.18. The summed E-state index contributed by atoms with van der Waals surface area (Å²) in [6.45, 7) is 2.20. The fourth-order valence-electron chi connectivity index (χ4n) is 1.44. The first-order valence-corrected chi connectivity index (χ1v) is 5.60. The Labute approximate surface area is 92.5 Å². The summed E-state index contributed by atoms with van der Waals surface area (Å²) in [7, 11) is 4.08. The maximum Gasteiger partial charge on any atom is 0.0779 e. The van der Waals surface area contributed by atoms with Crippen LogP contribution in [0.2, 0.25) is 0 Å². The first-order valence-electron chi connectivity index (χ1n) is 5.08. The van der Waals surface area contributed by atoms with Crippen LogP contribution < -0.4 is 0 Å². The van der Waals surface area contributed by atoms with E-state index in [1.54, 1.807) is 0 Å². The molecule has 0 aliphatic carbocycles. The van der Waals surface area contributed by atoms with Gasteiger partial charge in [-0.05, 0) is 31.6 Å². The van der Waals surface area contributed by atoms with Crippen LogP contribution in [-0.4, -0.2) is 19.0 Å². The highest BCUT2D eigenvalue weighted by Gasteiger charge is 2.07. The van der Waals surface area contributed by atoms with E-state index in [2.05, 4.69) is 48.7 Å². The van der Waals surface area contributed by atoms with Gasteiger partial charge in [-0.25, -0.2) is 0 Å². The number of benzene rings is 1. The van der Waals surface area contributed by atoms with Crippen LogP contribution >= 0.6 is 12.6 Å². The molecule has 0 fully saturated rings. The molecular weight excluding hydrogens is 190 g/mol. The van der Waals surface area contributed by atoms with Crippen molar-refractivity contribution in [2.75, 3.05) is 14.1 Å². The molecule has 1 aromatic rings. The van der Waals surface area contributed by atoms with Gasteiger partial charge >= 0.3 is 0 Å². The van der Waals surface area contributed by atoms with Gasteiger partial charge in [0.2, 0.25) is 0 Å². The van der Waals surface area contributed by atoms with E-state index in [0.29, 0.717) is 0 Å². The summed E-state index contributed by atoms with van der Waals surface area (Å²) in [5.41, 5.74) is 2.67. The fourth-order valence-corrected chi connectivity index (χ4v) is 1.62. The molecule has 0 aliphatic heterocycles. The van der Waals surface area contributed by atoms with Gasteiger partial charge in [-0.1, -0.05) is 37.6 Å². The zero-order valence-corrected chi connectivity index (χ0v) is 10.1. The Bertz CT molecular complexity index is 266. The molecule has 1 atom stereocenters. The summed E-state index contributed by atoms with van der Waals surface area (Å²) in [5.74, 6) is 0. The highest BCUT2D eigenvalue weighted by Crippen LogP contribution is 2.22. The minimum Gasteiger partial charge on any atom is -0.294 e. The Kier molecular flexibility index (Phi) is 4.49. The monoisotopic (exact) mass is 209 g/mol. The summed E-state index contributed by atoms with van der Waals surface area (Å²) >= 11 is 4.53. The van der Waals surface area contributed by atoms with Crippen LogP contribution in [0.1, 0.15) is 29.8 Å². The molecule has 0 heterocycles. The van der Waals surface area contributed by atoms with E-state index in [-0.39, 0.29) is 5.37 Å². The second-order valence-corrected chi connectivity index (χ2v) is 4.32. The van der Waals surface area contributed by atoms with Crippen molar-refractivity contribution in [3.8, 4) is 0 Å². The maximum atomic E-state index is 4.53. The van der Waals surface area contributed by atoms with E-state index in [0.717, 1.165) is 0 Å². The second kappa shape index (κ2) is 5.42. The lowest BCUT2D eigenvalue weighted by Crippen LogP contribution is -2.14. The zero-order valence-electron chi connectivity index (χ0n) is 9.20. The number of aryl methyl sites for hydroxylation is 1. The third-order valence-electron chi connectivity index (χ3n) is 2.31. The van der Waals surface area contributed by atoms with Crippen molar-refractivity contribution in [1.29, 1.82) is 0 Å². The van der Waals surface area contributed by atoms with E-state index < -0.39 is 0 Å². The molecule has 0 saturated carbocycles. The van der Waals surface area contributed by atoms with E-state index in [4.69, 9.17) is 0 Å². The highest BCUT2D eigenvalue weighted by molar-refractivity contribution is 7.80. The predicted octanol–water partition coefficient (Wildman–Crippen LogP) is 3.13. The lowest BCUT2D eigenvalue weighted by molar-refractivity contribution is 0.393. The third-order valence-corrected chi connectivity index (χ3v) is 3.07. The van der Waals surface area contributed by atoms with Gasteiger partial charge in [0.25, 0.3) is 0 Å². The Morgan fingerprint density at radius 3 is 2.21 bits per heavy atom. The lowest BCUT2D eigenvalue weighted by atomic mass is 10.1. The normalized spacial score (nSPS) is 13.2. The van der Waals surface area contributed by atoms with Crippen molar-refractivity contribution in [2.24, 2.45) is 0 Å². The molecule has 0 bridgehead atoms. The minimum absolute atomic E-state index is 0.200. The molecule has 0 amide bonds. The van der Waals surface area contributed by atoms with E-state index in [1.165, 1.54) is 24.0 Å². The zero-order chi connectivity index (χ0) is 10.6. The van der Waals surface area contributed by atoms with Gasteiger partial charge in [-0.15, -0.1) is 0 Å². The predicted molar refractivity (Wildman–Crippen MR) is 65.9 cm³/mol. The molecule has 78 valence electrons. The molecule has 0 saturated heterocycles. The van der Waals surface area contributed by atoms with Crippen LogP contribution in [-0.2, 0) is 6.42 Å². The Morgan fingerprint density at radius 2 is 1.79 bits per heavy atom. The van der Waals surface area contributed by atoms with Crippen molar-refractivity contribution in [1.82, 2.24) is 4.90 Å². The molecule has 2 heteroatoms. The summed E-state index contributed by atoms with van der Waals surface area (Å²) < 4.78 is 0. The van der Waals surface area contributed by atoms with Gasteiger partial charge in [0, 0.05) is 0 Å². The summed E-state index contributed by atoms with van der Waals surface area (Å²) in [4.78, 5) is 2.10. The SMILES string of the molecule is CCCc1ccc(C(S)N(C)C)cc1. The van der Waals surface area contributed by atoms with E-state index >= 15 is 0 Å². The molecule has 0 aliphatic rings. The number of hydrogen-bond acceptors (Lipinski definition) is 2. The van der Waals surface area contributed by atoms with E-state index in [1.807, 2.05) is 14.1 Å². The Hall–Kier alpha value is -0.470. The first kappa shape index (κ1) is 11.6. The molecule has 1 aromatic carbocycles. The van der Waals surface area contributed by atoms with Gasteiger partial charge in [0.05, 0.1) is 5.37 Å². The van der Waals surface area contributed by atoms with Crippen molar-refractivity contribution >= 4 is 12.6 Å². The number of hydrogen-bond donors (Lipinski definition) is 1. The van der Waals surface area contributed by atoms with Gasteiger partial charge in [-0.3, -0.25) is 4.90 Å². The quantitative estimate of drug-likeness (QED) is 0.589. The number of nitrogens with zero attached hydrogens (tertiary/aromatic N) is 1. The maximum absolute atomic E-state index is 4.53. The molecule has 0 radical (unpaired) electrons. The van der Waals surface area contributed by atoms with Crippen molar-refractivity contribution in [3.05, 3.63) is 35.4 Å². The molecule has 14 heavy (non-hydrogen) atoms. The fraction of sp³-hybridized carbons (Fsp3) is 0.500. The lowest BCUT2D eigenvalue weighted by Gasteiger charge is -2.19. The van der Waals surface area contributed by atoms with Gasteiger partial charge in [-0.2, -0.15) is 12.6 Å². The molecular formula is C12H19NS. The summed E-state index contributed by atoms with van der Waals surface area (Å²) in [5, 5.41) is 0.200. The van der Waals surface area contributed by atoms with Crippen LogP contribution in [0.5, 0.6) is 0 Å². The van der Waals surface area contributed by atoms with Crippen molar-refractivity contribution in [3.63, 3.8) is 0 Å². The van der Waals surface area contributed by atoms with E-state index in [9.17, 15) is 0 Å². The van der Waals surface area contributed by atoms with Crippen LogP contribution in [0.3, 0.4) is 0 Å². The molecule has 0 aromatic heterocycles. The standard InChI is InChI=1S/C12H19NS/c1-4-5-10-6-8-11(9-7-10)12(14)13(2)3/h6-9,12,14H,4-5H2,1-3H3. The molecule has 0 N–H and O–H groups in total. The molecule has 1 unspecified atom stereocenters. The first-order chi connectivity index (χ1) is 6.65. The Morgan fingerprint density at radius 1 is 1.21 bits per heavy atom. The van der Waals surface area contributed by atoms with Gasteiger partial charge in [0.15, 0.2) is 0 Å². The summed E-state index contributed by atoms with van der Waals surface area (Å²) in [6, 6.07) is 8.74. The molecule has 1 nitrogen and oxygen atoms in total. The van der Waals surface area contributed by atoms with Crippen LogP contribution in [0.4, 0.5) is 0 Å². The van der Waals surface area contributed by atoms with Gasteiger partial charge < -0.3 is 0 Å². The topological polar surface area (TPSA) is 3.24 Å². The smallest absolute Gasteiger partial charge is 0.0779 e. The second-order valence-electron chi connectivity index (χ2n) is 3.83. The van der Waals surface area contributed by atoms with Crippen molar-refractivity contribution in [2.45, 2.75) is 25.1 Å². The molecule has 0 spiro atoms. The van der Waals surface area contributed by atoms with Crippen LogP contribution in [0, 0.1) is 0 Å². The van der Waals surface area contributed by atoms with Crippen LogP contribution in [0.15, 0.2) is 24.3 Å². The van der Waals surface area contributed by atoms with Crippen molar-refractivity contribution < 1.29 is 0 Å². The average molecular weight is 209 g/mol. The summed E-state index contributed by atoms with van der Waals surface area (Å²) in [6.07, 6.45) is 2.37. The van der Waals surface area contributed by atoms with Gasteiger partial charge in [0.1, 0.15) is 0 Å². The third kappa shape index (κ3) is 3.03. The van der Waals surface area contributed by atoms with Crippen LogP contribution in [0.25, 0.3) is 0 Å². The number of rotatable bonds is 4. The molecule has 1 rings (SSSR count). The minimum atomic E-state index is 0.200.